The van der Waals surface area contributed by atoms with Crippen molar-refractivity contribution in [2.75, 3.05) is 18.1 Å². The molecule has 0 bridgehead atoms. The van der Waals surface area contributed by atoms with E-state index >= 15 is 0 Å². The van der Waals surface area contributed by atoms with Gasteiger partial charge in [-0.25, -0.2) is 0 Å². The zero-order valence-electron chi connectivity index (χ0n) is 22.1. The molecule has 2 heterocycles. The number of carbonyl (C=O) groups excluding carboxylic acids is 1. The molecule has 1 aliphatic rings. The molecule has 0 spiro atoms. The molecule has 40 heavy (non-hydrogen) atoms. The fraction of sp³-hybridized carbons (Fsp3) is 0.226. The van der Waals surface area contributed by atoms with Crippen molar-refractivity contribution in [3.63, 3.8) is 0 Å². The number of hydrogen-bond donors (Lipinski definition) is 0. The highest BCUT2D eigenvalue weighted by Gasteiger charge is 2.44. The van der Waals surface area contributed by atoms with Crippen molar-refractivity contribution in [3.05, 3.63) is 111 Å². The third-order valence-electron chi connectivity index (χ3n) is 6.88. The van der Waals surface area contributed by atoms with Crippen LogP contribution in [0.4, 0.5) is 18.9 Å². The lowest BCUT2D eigenvalue weighted by Gasteiger charge is -2.26. The molecule has 9 heteroatoms. The van der Waals surface area contributed by atoms with Gasteiger partial charge in [0.05, 0.1) is 29.2 Å². The maximum absolute atomic E-state index is 13.9. The molecule has 1 amide bonds. The molecular weight excluding hydrogens is 523 g/mol. The molecule has 1 aromatic heterocycles. The number of fused-ring (bicyclic) bond motifs is 2. The second-order valence-electron chi connectivity index (χ2n) is 9.47. The highest BCUT2D eigenvalue weighted by molar-refractivity contribution is 6.10. The maximum atomic E-state index is 13.9. The summed E-state index contributed by atoms with van der Waals surface area (Å²) in [4.78, 5) is 29.0. The van der Waals surface area contributed by atoms with Crippen LogP contribution < -0.4 is 19.8 Å². The minimum absolute atomic E-state index is 0.0306. The summed E-state index contributed by atoms with van der Waals surface area (Å²) in [6.45, 7) is 9.66. The van der Waals surface area contributed by atoms with Gasteiger partial charge in [-0.05, 0) is 79.9 Å². The van der Waals surface area contributed by atoms with E-state index in [4.69, 9.17) is 13.9 Å². The van der Waals surface area contributed by atoms with Crippen LogP contribution in [0.3, 0.4) is 0 Å². The van der Waals surface area contributed by atoms with Crippen molar-refractivity contribution < 1.29 is 31.9 Å². The molecule has 206 valence electrons. The van der Waals surface area contributed by atoms with Crippen molar-refractivity contribution >= 4 is 22.6 Å². The second kappa shape index (κ2) is 10.2. The number of rotatable bonds is 7. The first-order valence-electron chi connectivity index (χ1n) is 12.6. The molecule has 4 aromatic rings. The lowest BCUT2D eigenvalue weighted by atomic mass is 9.96. The van der Waals surface area contributed by atoms with Gasteiger partial charge in [0, 0.05) is 5.69 Å². The Hall–Kier alpha value is -4.53. The monoisotopic (exact) mass is 549 g/mol. The van der Waals surface area contributed by atoms with Crippen LogP contribution in [0, 0.1) is 13.8 Å². The Morgan fingerprint density at radius 1 is 1.00 bits per heavy atom. The van der Waals surface area contributed by atoms with E-state index in [0.29, 0.717) is 23.7 Å². The third kappa shape index (κ3) is 4.61. The quantitative estimate of drug-likeness (QED) is 0.229. The molecular formula is C31H26F3NO5. The van der Waals surface area contributed by atoms with Crippen LogP contribution in [-0.4, -0.2) is 19.1 Å². The van der Waals surface area contributed by atoms with Crippen LogP contribution in [0.15, 0.2) is 76.5 Å². The number of alkyl halides is 3. The first kappa shape index (κ1) is 27.1. The first-order valence-corrected chi connectivity index (χ1v) is 12.6. The molecule has 0 fully saturated rings. The van der Waals surface area contributed by atoms with Gasteiger partial charge in [-0.15, -0.1) is 0 Å². The van der Waals surface area contributed by atoms with Gasteiger partial charge < -0.3 is 13.9 Å². The van der Waals surface area contributed by atoms with Crippen molar-refractivity contribution in [3.8, 4) is 11.5 Å². The summed E-state index contributed by atoms with van der Waals surface area (Å²) in [5.41, 5.74) is 1.05. The number of benzene rings is 3. The van der Waals surface area contributed by atoms with E-state index in [0.717, 1.165) is 23.3 Å². The molecule has 0 N–H and O–H groups in total. The number of halogens is 3. The van der Waals surface area contributed by atoms with Crippen LogP contribution in [0.1, 0.15) is 51.3 Å². The second-order valence-corrected chi connectivity index (χ2v) is 9.47. The minimum atomic E-state index is -4.63. The summed E-state index contributed by atoms with van der Waals surface area (Å²) in [5, 5.41) is 0.279. The van der Waals surface area contributed by atoms with E-state index in [1.54, 1.807) is 43.3 Å². The van der Waals surface area contributed by atoms with Crippen molar-refractivity contribution in [1.29, 1.82) is 0 Å². The van der Waals surface area contributed by atoms with Gasteiger partial charge in [0.2, 0.25) is 5.76 Å². The smallest absolute Gasteiger partial charge is 0.416 e. The van der Waals surface area contributed by atoms with E-state index in [1.807, 2.05) is 13.8 Å². The van der Waals surface area contributed by atoms with Crippen LogP contribution in [-0.2, 0) is 6.18 Å². The van der Waals surface area contributed by atoms with Crippen LogP contribution >= 0.6 is 0 Å². The van der Waals surface area contributed by atoms with Gasteiger partial charge in [0.15, 0.2) is 16.9 Å². The largest absolute Gasteiger partial charge is 0.490 e. The van der Waals surface area contributed by atoms with Gasteiger partial charge in [0.1, 0.15) is 12.2 Å². The molecule has 3 aromatic carbocycles. The van der Waals surface area contributed by atoms with Crippen LogP contribution in [0.5, 0.6) is 11.5 Å². The third-order valence-corrected chi connectivity index (χ3v) is 6.88. The van der Waals surface area contributed by atoms with E-state index < -0.39 is 29.1 Å². The number of carbonyl (C=O) groups is 1. The number of amides is 1. The molecule has 5 rings (SSSR count). The number of nitrogens with zero attached hydrogens (tertiary/aromatic N) is 1. The average Bonchev–Trinajstić information content (AvgIpc) is 3.21. The molecule has 0 radical (unpaired) electrons. The normalized spacial score (nSPS) is 14.9. The predicted molar refractivity (Wildman–Crippen MR) is 145 cm³/mol. The van der Waals surface area contributed by atoms with Gasteiger partial charge >= 0.3 is 6.18 Å². The zero-order valence-corrected chi connectivity index (χ0v) is 22.1. The van der Waals surface area contributed by atoms with E-state index in [1.165, 1.54) is 17.0 Å². The SMILES string of the molecule is C=CCOc1ccc(C2c3c(oc4cc(C)c(C)cc4c3=O)C(=O)N2c2cccc(C(F)(F)F)c2)cc1OCC. The highest BCUT2D eigenvalue weighted by Crippen LogP contribution is 2.44. The summed E-state index contributed by atoms with van der Waals surface area (Å²) in [5.74, 6) is -0.171. The fourth-order valence-corrected chi connectivity index (χ4v) is 4.87. The van der Waals surface area contributed by atoms with E-state index in [2.05, 4.69) is 6.58 Å². The van der Waals surface area contributed by atoms with Crippen molar-refractivity contribution in [2.24, 2.45) is 0 Å². The Bertz CT molecular complexity index is 1710. The van der Waals surface area contributed by atoms with Gasteiger partial charge in [-0.1, -0.05) is 24.8 Å². The Morgan fingerprint density at radius 2 is 1.75 bits per heavy atom. The number of anilines is 1. The average molecular weight is 550 g/mol. The maximum Gasteiger partial charge on any atom is 0.416 e. The van der Waals surface area contributed by atoms with Gasteiger partial charge in [-0.2, -0.15) is 13.2 Å². The lowest BCUT2D eigenvalue weighted by Crippen LogP contribution is -2.29. The Balaban J connectivity index is 1.78. The summed E-state index contributed by atoms with van der Waals surface area (Å²) in [7, 11) is 0. The molecule has 6 nitrogen and oxygen atoms in total. The Kier molecular flexibility index (Phi) is 6.91. The Morgan fingerprint density at radius 3 is 2.45 bits per heavy atom. The standard InChI is InChI=1S/C31H26F3NO5/c1-5-12-39-23-11-10-19(15-25(23)38-6-2)27-26-28(36)22-13-17(3)18(4)14-24(22)40-29(26)30(37)35(27)21-9-7-8-20(16-21)31(32,33)34/h5,7-11,13-16,27H,1,6,12H2,2-4H3. The molecule has 0 saturated heterocycles. The van der Waals surface area contributed by atoms with E-state index in [-0.39, 0.29) is 34.6 Å². The summed E-state index contributed by atoms with van der Waals surface area (Å²) < 4.78 is 58.4. The summed E-state index contributed by atoms with van der Waals surface area (Å²) >= 11 is 0. The fourth-order valence-electron chi connectivity index (χ4n) is 4.87. The van der Waals surface area contributed by atoms with Gasteiger partial charge in [-0.3, -0.25) is 14.5 Å². The molecule has 1 aliphatic heterocycles. The summed E-state index contributed by atoms with van der Waals surface area (Å²) in [6, 6.07) is 11.6. The van der Waals surface area contributed by atoms with Crippen molar-refractivity contribution in [2.45, 2.75) is 33.0 Å². The zero-order chi connectivity index (χ0) is 28.8. The Labute approximate surface area is 228 Å². The molecule has 1 atom stereocenters. The number of ether oxygens (including phenoxy) is 2. The highest BCUT2D eigenvalue weighted by atomic mass is 19.4. The molecule has 1 unspecified atom stereocenters. The van der Waals surface area contributed by atoms with E-state index in [9.17, 15) is 22.8 Å². The lowest BCUT2D eigenvalue weighted by molar-refractivity contribution is -0.137. The molecule has 0 saturated carbocycles. The number of aryl methyl sites for hydroxylation is 2. The minimum Gasteiger partial charge on any atom is -0.490 e. The summed E-state index contributed by atoms with van der Waals surface area (Å²) in [6.07, 6.45) is -3.06. The first-order chi connectivity index (χ1) is 19.0. The predicted octanol–water partition coefficient (Wildman–Crippen LogP) is 7.14. The molecule has 0 aliphatic carbocycles. The van der Waals surface area contributed by atoms with Crippen LogP contribution in [0.25, 0.3) is 11.0 Å². The number of hydrogen-bond acceptors (Lipinski definition) is 5. The van der Waals surface area contributed by atoms with Crippen molar-refractivity contribution in [1.82, 2.24) is 0 Å². The van der Waals surface area contributed by atoms with Gasteiger partial charge in [0.25, 0.3) is 5.91 Å². The topological polar surface area (TPSA) is 69.0 Å². The van der Waals surface area contributed by atoms with Crippen LogP contribution in [0.2, 0.25) is 0 Å².